The second-order valence-corrected chi connectivity index (χ2v) is 8.59. The molecule has 3 rings (SSSR count). The van der Waals surface area contributed by atoms with Gasteiger partial charge in [-0.05, 0) is 49.8 Å². The van der Waals surface area contributed by atoms with Gasteiger partial charge in [0.1, 0.15) is 0 Å². The average molecular weight is 294 g/mol. The summed E-state index contributed by atoms with van der Waals surface area (Å²) in [5.74, 6) is 0.773. The lowest BCUT2D eigenvalue weighted by Gasteiger charge is -2.39. The van der Waals surface area contributed by atoms with Gasteiger partial charge in [0, 0.05) is 25.0 Å². The van der Waals surface area contributed by atoms with Crippen LogP contribution in [0.25, 0.3) is 0 Å². The van der Waals surface area contributed by atoms with Gasteiger partial charge in [-0.25, -0.2) is 8.42 Å². The normalized spacial score (nSPS) is 29.9. The van der Waals surface area contributed by atoms with Crippen LogP contribution in [0.1, 0.15) is 30.5 Å². The Morgan fingerprint density at radius 2 is 2.25 bits per heavy atom. The molecule has 1 aromatic rings. The zero-order chi connectivity index (χ0) is 14.2. The van der Waals surface area contributed by atoms with Gasteiger partial charge < -0.3 is 0 Å². The van der Waals surface area contributed by atoms with Crippen molar-refractivity contribution in [1.29, 1.82) is 0 Å². The van der Waals surface area contributed by atoms with Crippen molar-refractivity contribution >= 4 is 9.84 Å². The molecule has 0 aliphatic carbocycles. The molecule has 0 saturated carbocycles. The minimum atomic E-state index is -2.80. The van der Waals surface area contributed by atoms with Crippen LogP contribution in [-0.4, -0.2) is 42.9 Å². The van der Waals surface area contributed by atoms with Crippen LogP contribution in [0.3, 0.4) is 0 Å². The van der Waals surface area contributed by atoms with Crippen molar-refractivity contribution in [2.24, 2.45) is 5.41 Å². The Balaban J connectivity index is 1.72. The number of piperidine rings is 1. The molecule has 3 heterocycles. The lowest BCUT2D eigenvalue weighted by molar-refractivity contribution is 0.102. The molecule has 2 fully saturated rings. The third-order valence-corrected chi connectivity index (χ3v) is 6.60. The minimum absolute atomic E-state index is 0.0210. The Kier molecular flexibility index (Phi) is 3.58. The molecule has 1 atom stereocenters. The van der Waals surface area contributed by atoms with Gasteiger partial charge in [-0.1, -0.05) is 6.07 Å². The third kappa shape index (κ3) is 2.88. The highest BCUT2D eigenvalue weighted by Crippen LogP contribution is 2.40. The first-order valence-corrected chi connectivity index (χ1v) is 9.14. The second-order valence-electron chi connectivity index (χ2n) is 6.40. The summed E-state index contributed by atoms with van der Waals surface area (Å²) in [6, 6.07) is 4.09. The summed E-state index contributed by atoms with van der Waals surface area (Å²) in [5.41, 5.74) is 2.35. The van der Waals surface area contributed by atoms with E-state index in [4.69, 9.17) is 0 Å². The summed E-state index contributed by atoms with van der Waals surface area (Å²) in [7, 11) is -2.80. The largest absolute Gasteiger partial charge is 0.298 e. The van der Waals surface area contributed by atoms with Crippen LogP contribution < -0.4 is 0 Å². The molecule has 110 valence electrons. The number of aryl methyl sites for hydroxylation is 1. The number of nitrogens with zero attached hydrogens (tertiary/aromatic N) is 2. The third-order valence-electron chi connectivity index (χ3n) is 4.72. The molecule has 20 heavy (non-hydrogen) atoms. The van der Waals surface area contributed by atoms with Gasteiger partial charge in [0.05, 0.1) is 11.5 Å². The molecule has 2 aliphatic heterocycles. The van der Waals surface area contributed by atoms with E-state index in [1.165, 1.54) is 5.56 Å². The fraction of sp³-hybridized carbons (Fsp3) is 0.667. The summed E-state index contributed by atoms with van der Waals surface area (Å²) >= 11 is 0. The Morgan fingerprint density at radius 1 is 1.40 bits per heavy atom. The van der Waals surface area contributed by atoms with E-state index >= 15 is 0 Å². The fourth-order valence-corrected chi connectivity index (χ4v) is 5.88. The van der Waals surface area contributed by atoms with E-state index in [-0.39, 0.29) is 5.41 Å². The predicted octanol–water partition coefficient (Wildman–Crippen LogP) is 1.79. The van der Waals surface area contributed by atoms with Crippen LogP contribution in [0.4, 0.5) is 0 Å². The maximum Gasteiger partial charge on any atom is 0.150 e. The quantitative estimate of drug-likeness (QED) is 0.834. The van der Waals surface area contributed by atoms with Gasteiger partial charge in [0.15, 0.2) is 9.84 Å². The van der Waals surface area contributed by atoms with E-state index in [1.807, 2.05) is 19.2 Å². The molecule has 2 aliphatic rings. The Labute approximate surface area is 121 Å². The molecule has 0 aromatic carbocycles. The van der Waals surface area contributed by atoms with Gasteiger partial charge in [-0.3, -0.25) is 9.88 Å². The van der Waals surface area contributed by atoms with Crippen molar-refractivity contribution in [3.05, 3.63) is 29.6 Å². The maximum atomic E-state index is 11.8. The van der Waals surface area contributed by atoms with E-state index in [2.05, 4.69) is 16.0 Å². The lowest BCUT2D eigenvalue weighted by atomic mass is 9.79. The van der Waals surface area contributed by atoms with Crippen LogP contribution in [-0.2, 0) is 16.4 Å². The minimum Gasteiger partial charge on any atom is -0.298 e. The SMILES string of the molecule is Cc1ncccc1CN1CCCC2(CCS(=O)(=O)C2)C1. The first-order chi connectivity index (χ1) is 9.48. The topological polar surface area (TPSA) is 50.3 Å². The first-order valence-electron chi connectivity index (χ1n) is 7.31. The highest BCUT2D eigenvalue weighted by molar-refractivity contribution is 7.91. The number of likely N-dealkylation sites (tertiary alicyclic amines) is 1. The van der Waals surface area contributed by atoms with Crippen molar-refractivity contribution in [3.63, 3.8) is 0 Å². The van der Waals surface area contributed by atoms with Crippen molar-refractivity contribution in [2.75, 3.05) is 24.6 Å². The number of pyridine rings is 1. The molecular weight excluding hydrogens is 272 g/mol. The van der Waals surface area contributed by atoms with Gasteiger partial charge in [-0.15, -0.1) is 0 Å². The van der Waals surface area contributed by atoms with Crippen LogP contribution in [0, 0.1) is 12.3 Å². The molecule has 0 amide bonds. The van der Waals surface area contributed by atoms with Crippen LogP contribution in [0.2, 0.25) is 0 Å². The maximum absolute atomic E-state index is 11.8. The molecule has 0 radical (unpaired) electrons. The van der Waals surface area contributed by atoms with Gasteiger partial charge in [0.25, 0.3) is 0 Å². The standard InChI is InChI=1S/C15H22N2O2S/c1-13-14(4-2-7-16-13)10-17-8-3-5-15(11-17)6-9-20(18,19)12-15/h2,4,7H,3,5-6,8-12H2,1H3. The molecule has 1 aromatic heterocycles. The Hall–Kier alpha value is -0.940. The Morgan fingerprint density at radius 3 is 2.95 bits per heavy atom. The number of rotatable bonds is 2. The predicted molar refractivity (Wildman–Crippen MR) is 79.2 cm³/mol. The summed E-state index contributed by atoms with van der Waals surface area (Å²) < 4.78 is 23.6. The molecule has 1 spiro atoms. The number of hydrogen-bond donors (Lipinski definition) is 0. The van der Waals surface area contributed by atoms with Gasteiger partial charge in [-0.2, -0.15) is 0 Å². The van der Waals surface area contributed by atoms with Crippen molar-refractivity contribution in [1.82, 2.24) is 9.88 Å². The summed E-state index contributed by atoms with van der Waals surface area (Å²) in [6.07, 6.45) is 4.83. The zero-order valence-electron chi connectivity index (χ0n) is 12.0. The van der Waals surface area contributed by atoms with Crippen LogP contribution >= 0.6 is 0 Å². The zero-order valence-corrected chi connectivity index (χ0v) is 12.8. The lowest BCUT2D eigenvalue weighted by Crippen LogP contribution is -2.43. The molecule has 1 unspecified atom stereocenters. The van der Waals surface area contributed by atoms with Crippen LogP contribution in [0.5, 0.6) is 0 Å². The summed E-state index contributed by atoms with van der Waals surface area (Å²) in [6.45, 7) is 4.91. The monoisotopic (exact) mass is 294 g/mol. The average Bonchev–Trinajstić information content (AvgIpc) is 2.68. The molecule has 0 bridgehead atoms. The van der Waals surface area contributed by atoms with Crippen LogP contribution in [0.15, 0.2) is 18.3 Å². The van der Waals surface area contributed by atoms with Gasteiger partial charge >= 0.3 is 0 Å². The van der Waals surface area contributed by atoms with E-state index < -0.39 is 9.84 Å². The number of aromatic nitrogens is 1. The van der Waals surface area contributed by atoms with Crippen molar-refractivity contribution < 1.29 is 8.42 Å². The van der Waals surface area contributed by atoms with E-state index in [0.29, 0.717) is 11.5 Å². The van der Waals surface area contributed by atoms with E-state index in [0.717, 1.165) is 44.6 Å². The highest BCUT2D eigenvalue weighted by atomic mass is 32.2. The first kappa shape index (κ1) is 14.0. The van der Waals surface area contributed by atoms with Crippen molar-refractivity contribution in [2.45, 2.75) is 32.7 Å². The Bertz CT molecular complexity index is 600. The molecular formula is C15H22N2O2S. The molecule has 2 saturated heterocycles. The molecule has 4 nitrogen and oxygen atoms in total. The fourth-order valence-electron chi connectivity index (χ4n) is 3.68. The highest BCUT2D eigenvalue weighted by Gasteiger charge is 2.44. The smallest absolute Gasteiger partial charge is 0.150 e. The summed E-state index contributed by atoms with van der Waals surface area (Å²) in [5, 5.41) is 0. The summed E-state index contributed by atoms with van der Waals surface area (Å²) in [4.78, 5) is 6.75. The number of hydrogen-bond acceptors (Lipinski definition) is 4. The van der Waals surface area contributed by atoms with E-state index in [1.54, 1.807) is 0 Å². The van der Waals surface area contributed by atoms with Gasteiger partial charge in [0.2, 0.25) is 0 Å². The van der Waals surface area contributed by atoms with Crippen molar-refractivity contribution in [3.8, 4) is 0 Å². The van der Waals surface area contributed by atoms with E-state index in [9.17, 15) is 8.42 Å². The number of sulfone groups is 1. The second kappa shape index (κ2) is 5.11. The molecule has 5 heteroatoms. The molecule has 0 N–H and O–H groups in total.